The van der Waals surface area contributed by atoms with Crippen molar-refractivity contribution in [3.63, 3.8) is 0 Å². The fraction of sp³-hybridized carbons (Fsp3) is 0.0714. The minimum Gasteiger partial charge on any atom is -0.294 e. The molecule has 0 unspecified atom stereocenters. The van der Waals surface area contributed by atoms with E-state index >= 15 is 0 Å². The van der Waals surface area contributed by atoms with E-state index in [1.807, 2.05) is 36.4 Å². The Morgan fingerprint density at radius 3 is 2.35 bits per heavy atom. The highest BCUT2D eigenvalue weighted by atomic mass is 32.1. The Morgan fingerprint density at radius 2 is 1.76 bits per heavy atom. The molecule has 1 heterocycles. The van der Waals surface area contributed by atoms with Crippen LogP contribution < -0.4 is 0 Å². The van der Waals surface area contributed by atoms with Gasteiger partial charge in [0.05, 0.1) is 0 Å². The maximum atomic E-state index is 12.0. The third-order valence-electron chi connectivity index (χ3n) is 2.48. The van der Waals surface area contributed by atoms with Gasteiger partial charge in [-0.3, -0.25) is 9.78 Å². The van der Waals surface area contributed by atoms with Crippen LogP contribution in [0.25, 0.3) is 0 Å². The van der Waals surface area contributed by atoms with Gasteiger partial charge in [-0.05, 0) is 23.3 Å². The lowest BCUT2D eigenvalue weighted by molar-refractivity contribution is 0.0993. The fourth-order valence-electron chi connectivity index (χ4n) is 1.54. The van der Waals surface area contributed by atoms with Gasteiger partial charge in [-0.15, -0.1) is 0 Å². The van der Waals surface area contributed by atoms with E-state index in [1.165, 1.54) is 0 Å². The van der Waals surface area contributed by atoms with E-state index in [2.05, 4.69) is 4.98 Å². The molecule has 0 amide bonds. The molecule has 2 aromatic rings. The molecule has 0 spiro atoms. The monoisotopic (exact) mass is 241 g/mol. The Morgan fingerprint density at radius 1 is 1.12 bits per heavy atom. The van der Waals surface area contributed by atoms with Crippen LogP contribution in [0.3, 0.4) is 0 Å². The van der Waals surface area contributed by atoms with Crippen LogP contribution >= 0.6 is 12.2 Å². The van der Waals surface area contributed by atoms with Crippen LogP contribution in [0.2, 0.25) is 0 Å². The average Bonchev–Trinajstić information content (AvgIpc) is 2.40. The number of thiocarbonyl (C=S) groups is 1. The number of nitrogens with zero attached hydrogens (tertiary/aromatic N) is 1. The topological polar surface area (TPSA) is 30.0 Å². The summed E-state index contributed by atoms with van der Waals surface area (Å²) >= 11 is 4.82. The third kappa shape index (κ3) is 3.04. The van der Waals surface area contributed by atoms with E-state index in [0.29, 0.717) is 12.0 Å². The molecule has 0 saturated carbocycles. The van der Waals surface area contributed by atoms with Gasteiger partial charge in [0.2, 0.25) is 0 Å². The number of rotatable bonds is 4. The Bertz CT molecular complexity index is 520. The normalized spacial score (nSPS) is 9.88. The lowest BCUT2D eigenvalue weighted by Crippen LogP contribution is -2.03. The summed E-state index contributed by atoms with van der Waals surface area (Å²) < 4.78 is 0. The van der Waals surface area contributed by atoms with Gasteiger partial charge in [0, 0.05) is 29.7 Å². The Balaban J connectivity index is 2.12. The second-order valence-electron chi connectivity index (χ2n) is 3.70. The standard InChI is InChI=1S/C14H11NOS/c16-14(9-11-5-7-15-8-6-11)13-3-1-12(10-17)2-4-13/h1-8,10H,9H2. The SMILES string of the molecule is O=C(Cc1ccncc1)c1ccc(C=S)cc1. The summed E-state index contributed by atoms with van der Waals surface area (Å²) in [5, 5.41) is 1.59. The molecule has 0 aliphatic rings. The van der Waals surface area contributed by atoms with E-state index in [4.69, 9.17) is 12.2 Å². The number of hydrogen-bond donors (Lipinski definition) is 0. The molecule has 0 atom stereocenters. The molecular formula is C14H11NOS. The van der Waals surface area contributed by atoms with Crippen molar-refractivity contribution in [1.29, 1.82) is 0 Å². The van der Waals surface area contributed by atoms with Crippen LogP contribution in [-0.2, 0) is 6.42 Å². The lowest BCUT2D eigenvalue weighted by Gasteiger charge is -2.01. The average molecular weight is 241 g/mol. The molecule has 0 bridgehead atoms. The van der Waals surface area contributed by atoms with Gasteiger partial charge in [0.1, 0.15) is 0 Å². The maximum Gasteiger partial charge on any atom is 0.167 e. The van der Waals surface area contributed by atoms with Crippen LogP contribution in [0.4, 0.5) is 0 Å². The van der Waals surface area contributed by atoms with Crippen molar-refractivity contribution in [1.82, 2.24) is 4.98 Å². The molecule has 0 saturated heterocycles. The molecule has 2 nitrogen and oxygen atoms in total. The molecule has 3 heteroatoms. The van der Waals surface area contributed by atoms with Crippen molar-refractivity contribution >= 4 is 23.4 Å². The van der Waals surface area contributed by atoms with Crippen LogP contribution in [0, 0.1) is 0 Å². The van der Waals surface area contributed by atoms with Gasteiger partial charge in [-0.25, -0.2) is 0 Å². The number of carbonyl (C=O) groups excluding carboxylic acids is 1. The first-order valence-corrected chi connectivity index (χ1v) is 5.74. The van der Waals surface area contributed by atoms with Crippen molar-refractivity contribution < 1.29 is 4.79 Å². The maximum absolute atomic E-state index is 12.0. The highest BCUT2D eigenvalue weighted by Crippen LogP contribution is 2.08. The quantitative estimate of drug-likeness (QED) is 0.609. The first-order chi connectivity index (χ1) is 8.29. The molecular weight excluding hydrogens is 230 g/mol. The van der Waals surface area contributed by atoms with Crippen LogP contribution in [0.15, 0.2) is 48.8 Å². The number of hydrogen-bond acceptors (Lipinski definition) is 3. The minimum atomic E-state index is 0.104. The molecule has 0 N–H and O–H groups in total. The zero-order valence-corrected chi connectivity index (χ0v) is 9.98. The lowest BCUT2D eigenvalue weighted by atomic mass is 10.0. The van der Waals surface area contributed by atoms with Gasteiger partial charge in [-0.2, -0.15) is 0 Å². The summed E-state index contributed by atoms with van der Waals surface area (Å²) in [6.07, 6.45) is 3.79. The number of aromatic nitrogens is 1. The zero-order chi connectivity index (χ0) is 12.1. The Labute approximate surface area is 105 Å². The van der Waals surface area contributed by atoms with Crippen LogP contribution in [0.5, 0.6) is 0 Å². The minimum absolute atomic E-state index is 0.104. The summed E-state index contributed by atoms with van der Waals surface area (Å²) in [7, 11) is 0. The van der Waals surface area contributed by atoms with E-state index < -0.39 is 0 Å². The Hall–Kier alpha value is -1.87. The number of pyridine rings is 1. The summed E-state index contributed by atoms with van der Waals surface area (Å²) in [4.78, 5) is 15.9. The zero-order valence-electron chi connectivity index (χ0n) is 9.17. The van der Waals surface area contributed by atoms with Gasteiger partial charge < -0.3 is 0 Å². The fourth-order valence-corrected chi connectivity index (χ4v) is 1.69. The second-order valence-corrected chi connectivity index (χ2v) is 3.93. The van der Waals surface area contributed by atoms with Crippen molar-refractivity contribution in [3.05, 3.63) is 65.5 Å². The molecule has 1 aromatic heterocycles. The molecule has 84 valence electrons. The van der Waals surface area contributed by atoms with E-state index in [0.717, 1.165) is 11.1 Å². The van der Waals surface area contributed by atoms with E-state index in [-0.39, 0.29) is 5.78 Å². The first-order valence-electron chi connectivity index (χ1n) is 5.27. The van der Waals surface area contributed by atoms with Crippen molar-refractivity contribution in [2.45, 2.75) is 6.42 Å². The summed E-state index contributed by atoms with van der Waals surface area (Å²) in [6, 6.07) is 11.0. The number of benzene rings is 1. The number of Topliss-reactive ketones (excluding diaryl/α,β-unsaturated/α-hetero) is 1. The van der Waals surface area contributed by atoms with Gasteiger partial charge in [0.15, 0.2) is 5.78 Å². The van der Waals surface area contributed by atoms with E-state index in [9.17, 15) is 4.79 Å². The van der Waals surface area contributed by atoms with Gasteiger partial charge in [0.25, 0.3) is 0 Å². The van der Waals surface area contributed by atoms with Crippen LogP contribution in [0.1, 0.15) is 21.5 Å². The van der Waals surface area contributed by atoms with Gasteiger partial charge >= 0.3 is 0 Å². The summed E-state index contributed by atoms with van der Waals surface area (Å²) in [5.74, 6) is 0.104. The Kier molecular flexibility index (Phi) is 3.73. The predicted octanol–water partition coefficient (Wildman–Crippen LogP) is 2.85. The highest BCUT2D eigenvalue weighted by molar-refractivity contribution is 7.79. The van der Waals surface area contributed by atoms with Crippen molar-refractivity contribution in [2.75, 3.05) is 0 Å². The number of ketones is 1. The molecule has 17 heavy (non-hydrogen) atoms. The smallest absolute Gasteiger partial charge is 0.167 e. The highest BCUT2D eigenvalue weighted by Gasteiger charge is 2.06. The molecule has 0 fully saturated rings. The molecule has 0 radical (unpaired) electrons. The van der Waals surface area contributed by atoms with E-state index in [1.54, 1.807) is 17.8 Å². The van der Waals surface area contributed by atoms with Gasteiger partial charge in [-0.1, -0.05) is 36.5 Å². The molecule has 1 aromatic carbocycles. The summed E-state index contributed by atoms with van der Waals surface area (Å²) in [6.45, 7) is 0. The van der Waals surface area contributed by atoms with Crippen molar-refractivity contribution in [3.8, 4) is 0 Å². The largest absolute Gasteiger partial charge is 0.294 e. The predicted molar refractivity (Wildman–Crippen MR) is 71.5 cm³/mol. The molecule has 2 rings (SSSR count). The molecule has 0 aliphatic carbocycles. The van der Waals surface area contributed by atoms with Crippen molar-refractivity contribution in [2.24, 2.45) is 0 Å². The second kappa shape index (κ2) is 5.46. The molecule has 0 aliphatic heterocycles. The summed E-state index contributed by atoms with van der Waals surface area (Å²) in [5.41, 5.74) is 2.63. The number of carbonyl (C=O) groups is 1. The van der Waals surface area contributed by atoms with Crippen LogP contribution in [-0.4, -0.2) is 16.1 Å². The first kappa shape index (κ1) is 11.6. The third-order valence-corrected chi connectivity index (χ3v) is 2.75.